The first kappa shape index (κ1) is 21.7. The van der Waals surface area contributed by atoms with E-state index in [9.17, 15) is 9.59 Å². The van der Waals surface area contributed by atoms with Crippen LogP contribution in [0.3, 0.4) is 0 Å². The lowest BCUT2D eigenvalue weighted by Gasteiger charge is -2.29. The predicted molar refractivity (Wildman–Crippen MR) is 102 cm³/mol. The number of carbonyl (C=O) groups is 2. The summed E-state index contributed by atoms with van der Waals surface area (Å²) in [6, 6.07) is 6.98. The Morgan fingerprint density at radius 2 is 2.00 bits per heavy atom. The fourth-order valence-electron chi connectivity index (χ4n) is 2.76. The zero-order valence-corrected chi connectivity index (χ0v) is 16.0. The molecule has 1 aliphatic heterocycles. The molecule has 28 heavy (non-hydrogen) atoms. The summed E-state index contributed by atoms with van der Waals surface area (Å²) in [5.41, 5.74) is 1.36. The first-order valence-electron chi connectivity index (χ1n) is 9.16. The van der Waals surface area contributed by atoms with Gasteiger partial charge in [0.15, 0.2) is 0 Å². The van der Waals surface area contributed by atoms with Gasteiger partial charge in [0, 0.05) is 18.9 Å². The molecule has 0 radical (unpaired) electrons. The van der Waals surface area contributed by atoms with Gasteiger partial charge in [0.2, 0.25) is 12.0 Å². The number of carbonyl (C=O) groups excluding carboxylic acids is 2. The molecule has 1 N–H and O–H groups in total. The predicted octanol–water partition coefficient (Wildman–Crippen LogP) is 2.71. The second-order valence-electron chi connectivity index (χ2n) is 6.22. The van der Waals surface area contributed by atoms with Gasteiger partial charge in [-0.2, -0.15) is 0 Å². The molecule has 0 fully saturated rings. The van der Waals surface area contributed by atoms with Gasteiger partial charge in [0.1, 0.15) is 6.61 Å². The normalized spacial score (nSPS) is 18.6. The maximum Gasteiger partial charge on any atom is 0.373 e. The van der Waals surface area contributed by atoms with Gasteiger partial charge in [-0.25, -0.2) is 9.59 Å². The van der Waals surface area contributed by atoms with Gasteiger partial charge in [-0.3, -0.25) is 0 Å². The molecular weight excluding hydrogens is 364 g/mol. The number of hydrogen-bond donors (Lipinski definition) is 1. The monoisotopic (exact) mass is 390 g/mol. The van der Waals surface area contributed by atoms with Gasteiger partial charge in [-0.1, -0.05) is 24.8 Å². The third-order valence-corrected chi connectivity index (χ3v) is 4.21. The van der Waals surface area contributed by atoms with Crippen LogP contribution in [0.15, 0.2) is 48.8 Å². The van der Waals surface area contributed by atoms with E-state index in [-0.39, 0.29) is 24.9 Å². The van der Waals surface area contributed by atoms with Crippen LogP contribution in [0.5, 0.6) is 0 Å². The number of hydrogen-bond acceptors (Lipinski definition) is 7. The van der Waals surface area contributed by atoms with Gasteiger partial charge in [-0.05, 0) is 36.6 Å². The second-order valence-corrected chi connectivity index (χ2v) is 6.22. The maximum absolute atomic E-state index is 12.2. The summed E-state index contributed by atoms with van der Waals surface area (Å²) in [6.07, 6.45) is 4.40. The lowest BCUT2D eigenvalue weighted by atomic mass is 9.92. The average Bonchev–Trinajstić information content (AvgIpc) is 2.74. The van der Waals surface area contributed by atoms with E-state index < -0.39 is 18.2 Å². The van der Waals surface area contributed by atoms with Crippen LogP contribution in [0.4, 0.5) is 0 Å². The molecule has 0 aliphatic carbocycles. The molecule has 0 unspecified atom stereocenters. The summed E-state index contributed by atoms with van der Waals surface area (Å²) >= 11 is 0. The van der Waals surface area contributed by atoms with Crippen molar-refractivity contribution in [3.8, 4) is 0 Å². The van der Waals surface area contributed by atoms with Crippen molar-refractivity contribution in [2.75, 3.05) is 26.9 Å². The molecule has 0 spiro atoms. The Labute approximate surface area is 164 Å². The highest BCUT2D eigenvalue weighted by Crippen LogP contribution is 2.32. The average molecular weight is 390 g/mol. The van der Waals surface area contributed by atoms with E-state index in [0.717, 1.165) is 5.56 Å². The zero-order valence-electron chi connectivity index (χ0n) is 16.0. The summed E-state index contributed by atoms with van der Waals surface area (Å²) in [6.45, 7) is 4.12. The van der Waals surface area contributed by atoms with E-state index in [1.165, 1.54) is 13.2 Å². The molecule has 1 heterocycles. The van der Waals surface area contributed by atoms with Gasteiger partial charge in [-0.15, -0.1) is 0 Å². The van der Waals surface area contributed by atoms with E-state index in [1.54, 1.807) is 18.2 Å². The quantitative estimate of drug-likeness (QED) is 0.373. The van der Waals surface area contributed by atoms with Crippen LogP contribution in [-0.4, -0.2) is 50.3 Å². The first-order valence-corrected chi connectivity index (χ1v) is 9.16. The maximum atomic E-state index is 12.2. The molecule has 0 bridgehead atoms. The number of esters is 2. The lowest BCUT2D eigenvalue weighted by Crippen LogP contribution is -2.28. The number of methoxy groups -OCH3 is 1. The summed E-state index contributed by atoms with van der Waals surface area (Å²) in [5, 5.41) is 8.87. The number of unbranched alkanes of at least 4 members (excludes halogenated alkanes) is 1. The van der Waals surface area contributed by atoms with E-state index in [1.807, 2.05) is 12.1 Å². The molecule has 1 aliphatic rings. The summed E-state index contributed by atoms with van der Waals surface area (Å²) in [7, 11) is 1.33. The van der Waals surface area contributed by atoms with Crippen LogP contribution in [0, 0.1) is 0 Å². The molecule has 0 saturated heterocycles. The second kappa shape index (κ2) is 11.3. The molecule has 2 rings (SSSR count). The molecule has 7 nitrogen and oxygen atoms in total. The van der Waals surface area contributed by atoms with Crippen molar-refractivity contribution < 1.29 is 33.6 Å². The van der Waals surface area contributed by atoms with Gasteiger partial charge in [0.25, 0.3) is 0 Å². The van der Waals surface area contributed by atoms with Crippen LogP contribution < -0.4 is 0 Å². The smallest absolute Gasteiger partial charge is 0.373 e. The summed E-state index contributed by atoms with van der Waals surface area (Å²) in [4.78, 5) is 23.8. The van der Waals surface area contributed by atoms with Gasteiger partial charge < -0.3 is 24.1 Å². The Bertz CT molecular complexity index is 693. The Morgan fingerprint density at radius 1 is 1.25 bits per heavy atom. The number of ether oxygens (including phenoxy) is 4. The van der Waals surface area contributed by atoms with E-state index in [4.69, 9.17) is 24.1 Å². The Hall–Kier alpha value is -2.64. The Morgan fingerprint density at radius 3 is 2.64 bits per heavy atom. The first-order chi connectivity index (χ1) is 13.6. The van der Waals surface area contributed by atoms with Gasteiger partial charge in [0.05, 0.1) is 19.3 Å². The minimum atomic E-state index is -0.611. The molecule has 0 amide bonds. The van der Waals surface area contributed by atoms with Crippen LogP contribution in [0.1, 0.15) is 41.1 Å². The van der Waals surface area contributed by atoms with Crippen molar-refractivity contribution in [2.45, 2.75) is 31.5 Å². The van der Waals surface area contributed by atoms with Crippen LogP contribution >= 0.6 is 0 Å². The topological polar surface area (TPSA) is 91.3 Å². The van der Waals surface area contributed by atoms with Crippen molar-refractivity contribution >= 4 is 11.9 Å². The standard InChI is InChI=1S/C21H26O7/c1-3-11-27-21(24)18-13-17(14-19(28-18)26-12-5-4-10-22)15-6-8-16(9-7-15)20(23)25-2/h3,6-9,13,17,19,22H,1,4-5,10-12,14H2,2H3/t17-,19+/m1/s1. The number of allylic oxidation sites excluding steroid dienone is 1. The molecular formula is C21H26O7. The van der Waals surface area contributed by atoms with Crippen LogP contribution in [0.25, 0.3) is 0 Å². The molecule has 2 atom stereocenters. The fourth-order valence-corrected chi connectivity index (χ4v) is 2.76. The van der Waals surface area contributed by atoms with Crippen molar-refractivity contribution in [1.29, 1.82) is 0 Å². The van der Waals surface area contributed by atoms with E-state index in [0.29, 0.717) is 31.4 Å². The van der Waals surface area contributed by atoms with E-state index in [2.05, 4.69) is 6.58 Å². The molecule has 7 heteroatoms. The number of aliphatic hydroxyl groups excluding tert-OH is 1. The molecule has 1 aromatic carbocycles. The van der Waals surface area contributed by atoms with Gasteiger partial charge >= 0.3 is 11.9 Å². The van der Waals surface area contributed by atoms with Crippen LogP contribution in [-0.2, 0) is 23.7 Å². The zero-order chi connectivity index (χ0) is 20.4. The van der Waals surface area contributed by atoms with E-state index >= 15 is 0 Å². The minimum absolute atomic E-state index is 0.0834. The Balaban J connectivity index is 2.15. The molecule has 0 aromatic heterocycles. The van der Waals surface area contributed by atoms with Crippen molar-refractivity contribution in [3.63, 3.8) is 0 Å². The van der Waals surface area contributed by atoms with Crippen molar-refractivity contribution in [3.05, 3.63) is 59.9 Å². The SMILES string of the molecule is C=CCOC(=O)C1=C[C@@H](c2ccc(C(=O)OC)cc2)C[C@@H](OCCCCO)O1. The summed E-state index contributed by atoms with van der Waals surface area (Å²) < 4.78 is 21.2. The molecule has 1 aromatic rings. The summed E-state index contributed by atoms with van der Waals surface area (Å²) in [5.74, 6) is -1.05. The minimum Gasteiger partial charge on any atom is -0.465 e. The lowest BCUT2D eigenvalue weighted by molar-refractivity contribution is -0.160. The number of aliphatic hydroxyl groups is 1. The Kier molecular flexibility index (Phi) is 8.71. The third kappa shape index (κ3) is 6.21. The molecule has 0 saturated carbocycles. The third-order valence-electron chi connectivity index (χ3n) is 4.21. The highest BCUT2D eigenvalue weighted by atomic mass is 16.7. The van der Waals surface area contributed by atoms with Crippen molar-refractivity contribution in [2.24, 2.45) is 0 Å². The highest BCUT2D eigenvalue weighted by Gasteiger charge is 2.29. The number of rotatable bonds is 10. The van der Waals surface area contributed by atoms with Crippen LogP contribution in [0.2, 0.25) is 0 Å². The largest absolute Gasteiger partial charge is 0.465 e. The number of benzene rings is 1. The highest BCUT2D eigenvalue weighted by molar-refractivity contribution is 5.89. The molecule has 152 valence electrons. The fraction of sp³-hybridized carbons (Fsp3) is 0.429. The van der Waals surface area contributed by atoms with Crippen molar-refractivity contribution in [1.82, 2.24) is 0 Å².